The van der Waals surface area contributed by atoms with Crippen molar-refractivity contribution in [3.05, 3.63) is 23.8 Å². The summed E-state index contributed by atoms with van der Waals surface area (Å²) in [5, 5.41) is 20.5. The summed E-state index contributed by atoms with van der Waals surface area (Å²) in [5.74, 6) is 1.55. The summed E-state index contributed by atoms with van der Waals surface area (Å²) >= 11 is 0. The van der Waals surface area contributed by atoms with Crippen LogP contribution in [-0.2, 0) is 0 Å². The molecule has 0 heterocycles. The zero-order valence-electron chi connectivity index (χ0n) is 13.7. The van der Waals surface area contributed by atoms with Gasteiger partial charge in [0.25, 0.3) is 0 Å². The van der Waals surface area contributed by atoms with E-state index in [1.54, 1.807) is 0 Å². The second kappa shape index (κ2) is 4.68. The van der Waals surface area contributed by atoms with Gasteiger partial charge in [0.2, 0.25) is 0 Å². The maximum atomic E-state index is 10.5. The number of hydrogen-bond donors (Lipinski definition) is 3. The van der Waals surface area contributed by atoms with Crippen LogP contribution in [-0.4, -0.2) is 28.5 Å². The third-order valence-electron chi connectivity index (χ3n) is 7.68. The van der Waals surface area contributed by atoms with Crippen LogP contribution in [0.25, 0.3) is 0 Å². The third-order valence-corrected chi connectivity index (χ3v) is 7.68. The lowest BCUT2D eigenvalue weighted by Crippen LogP contribution is -2.56. The van der Waals surface area contributed by atoms with Crippen LogP contribution in [0.3, 0.4) is 0 Å². The molecule has 4 N–H and O–H groups in total. The fourth-order valence-electron chi connectivity index (χ4n) is 6.29. The van der Waals surface area contributed by atoms with Crippen LogP contribution in [0.15, 0.2) is 23.8 Å². The summed E-state index contributed by atoms with van der Waals surface area (Å²) in [6.07, 6.45) is 10.9. The molecule has 0 aromatic heterocycles. The first kappa shape index (κ1) is 14.9. The van der Waals surface area contributed by atoms with E-state index in [1.807, 2.05) is 6.08 Å². The first-order chi connectivity index (χ1) is 10.4. The average molecular weight is 303 g/mol. The topological polar surface area (TPSA) is 66.5 Å². The van der Waals surface area contributed by atoms with Gasteiger partial charge in [0.15, 0.2) is 0 Å². The quantitative estimate of drug-likeness (QED) is 0.602. The largest absolute Gasteiger partial charge is 0.393 e. The molecule has 22 heavy (non-hydrogen) atoms. The molecular formula is C19H29NO2. The molecule has 0 bridgehead atoms. The molecule has 4 aliphatic rings. The minimum atomic E-state index is -0.356. The van der Waals surface area contributed by atoms with Gasteiger partial charge >= 0.3 is 0 Å². The number of aliphatic hydroxyl groups is 2. The number of fused-ring (bicyclic) bond motifs is 5. The van der Waals surface area contributed by atoms with Crippen molar-refractivity contribution in [3.8, 4) is 0 Å². The molecular weight excluding hydrogens is 274 g/mol. The second-order valence-electron chi connectivity index (χ2n) is 8.61. The molecule has 4 aliphatic carbocycles. The Hall–Kier alpha value is -0.640. The van der Waals surface area contributed by atoms with E-state index in [4.69, 9.17) is 5.73 Å². The normalized spacial score (nSPS) is 56.9. The van der Waals surface area contributed by atoms with Crippen LogP contribution in [0.5, 0.6) is 0 Å². The highest BCUT2D eigenvalue weighted by Gasteiger charge is 2.59. The molecule has 0 amide bonds. The van der Waals surface area contributed by atoms with Gasteiger partial charge in [-0.2, -0.15) is 0 Å². The fourth-order valence-corrected chi connectivity index (χ4v) is 6.29. The Labute approximate surface area is 133 Å². The van der Waals surface area contributed by atoms with Crippen molar-refractivity contribution in [3.63, 3.8) is 0 Å². The van der Waals surface area contributed by atoms with E-state index < -0.39 is 0 Å². The zero-order valence-corrected chi connectivity index (χ0v) is 13.7. The fraction of sp³-hybridized carbons (Fsp3) is 0.789. The molecule has 0 spiro atoms. The molecule has 2 fully saturated rings. The molecule has 0 aromatic rings. The Morgan fingerprint density at radius 2 is 1.91 bits per heavy atom. The zero-order chi connectivity index (χ0) is 15.7. The third kappa shape index (κ3) is 1.79. The predicted molar refractivity (Wildman–Crippen MR) is 87.0 cm³/mol. The average Bonchev–Trinajstić information content (AvgIpc) is 2.77. The molecule has 4 rings (SSSR count). The highest BCUT2D eigenvalue weighted by molar-refractivity contribution is 5.35. The lowest BCUT2D eigenvalue weighted by Gasteiger charge is -2.57. The highest BCUT2D eigenvalue weighted by Crippen LogP contribution is 2.63. The summed E-state index contributed by atoms with van der Waals surface area (Å²) in [6, 6.07) is 0.0710. The molecule has 3 heteroatoms. The summed E-state index contributed by atoms with van der Waals surface area (Å²) in [7, 11) is 0. The van der Waals surface area contributed by atoms with Crippen molar-refractivity contribution < 1.29 is 10.2 Å². The van der Waals surface area contributed by atoms with E-state index in [1.165, 1.54) is 5.57 Å². The SMILES string of the molecule is C[C@]12CC[C@H]3[C@@H]([C@@H](N)C=C4C[C@@H](O)C=C[C@@]43C)[C@@H]1CC[C@@H]2O. The lowest BCUT2D eigenvalue weighted by atomic mass is 9.48. The van der Waals surface area contributed by atoms with Gasteiger partial charge in [-0.05, 0) is 55.3 Å². The molecule has 0 unspecified atom stereocenters. The van der Waals surface area contributed by atoms with Gasteiger partial charge < -0.3 is 15.9 Å². The molecule has 122 valence electrons. The number of rotatable bonds is 0. The Morgan fingerprint density at radius 3 is 2.68 bits per heavy atom. The maximum Gasteiger partial charge on any atom is 0.0758 e. The minimum Gasteiger partial charge on any atom is -0.393 e. The Bertz CT molecular complexity index is 542. The number of aliphatic hydroxyl groups excluding tert-OH is 2. The van der Waals surface area contributed by atoms with Gasteiger partial charge in [-0.15, -0.1) is 0 Å². The summed E-state index contributed by atoms with van der Waals surface area (Å²) in [4.78, 5) is 0. The van der Waals surface area contributed by atoms with Gasteiger partial charge in [-0.3, -0.25) is 0 Å². The van der Waals surface area contributed by atoms with Crippen LogP contribution in [0.4, 0.5) is 0 Å². The molecule has 0 aliphatic heterocycles. The number of allylic oxidation sites excluding steroid dienone is 1. The second-order valence-corrected chi connectivity index (χ2v) is 8.61. The number of nitrogens with two attached hydrogens (primary N) is 1. The standard InChI is InChI=1S/C19H29NO2/c1-18-7-5-12(21)9-11(18)10-15(20)17-13-3-4-16(22)19(13,2)8-6-14(17)18/h5,7,10,12-17,21-22H,3-4,6,8-9,20H2,1-2H3/t12-,13-,14-,15-,16-,17-,18-,19-/m0/s1. The summed E-state index contributed by atoms with van der Waals surface area (Å²) in [5.41, 5.74) is 8.03. The highest BCUT2D eigenvalue weighted by atomic mass is 16.3. The Balaban J connectivity index is 1.76. The van der Waals surface area contributed by atoms with Crippen LogP contribution in [0, 0.1) is 28.6 Å². The molecule has 0 aromatic carbocycles. The Kier molecular flexibility index (Phi) is 3.18. The van der Waals surface area contributed by atoms with E-state index in [0.29, 0.717) is 17.8 Å². The molecule has 2 saturated carbocycles. The van der Waals surface area contributed by atoms with Crippen LogP contribution >= 0.6 is 0 Å². The molecule has 3 nitrogen and oxygen atoms in total. The maximum absolute atomic E-state index is 10.5. The van der Waals surface area contributed by atoms with Crippen molar-refractivity contribution in [1.82, 2.24) is 0 Å². The monoisotopic (exact) mass is 303 g/mol. The number of hydrogen-bond acceptors (Lipinski definition) is 3. The van der Waals surface area contributed by atoms with Gasteiger partial charge in [0, 0.05) is 11.5 Å². The van der Waals surface area contributed by atoms with Crippen molar-refractivity contribution in [2.45, 2.75) is 64.2 Å². The van der Waals surface area contributed by atoms with Gasteiger partial charge in [0.05, 0.1) is 12.2 Å². The van der Waals surface area contributed by atoms with E-state index in [0.717, 1.165) is 32.1 Å². The minimum absolute atomic E-state index is 0.0502. The summed E-state index contributed by atoms with van der Waals surface area (Å²) < 4.78 is 0. The predicted octanol–water partition coefficient (Wildman–Crippen LogP) is 2.38. The van der Waals surface area contributed by atoms with Gasteiger partial charge in [0.1, 0.15) is 0 Å². The van der Waals surface area contributed by atoms with E-state index in [2.05, 4.69) is 26.0 Å². The lowest BCUT2D eigenvalue weighted by molar-refractivity contribution is -0.0601. The molecule has 0 saturated heterocycles. The van der Waals surface area contributed by atoms with Gasteiger partial charge in [-0.1, -0.05) is 37.6 Å². The van der Waals surface area contributed by atoms with E-state index >= 15 is 0 Å². The Morgan fingerprint density at radius 1 is 1.14 bits per heavy atom. The van der Waals surface area contributed by atoms with Gasteiger partial charge in [-0.25, -0.2) is 0 Å². The van der Waals surface area contributed by atoms with Crippen LogP contribution in [0.2, 0.25) is 0 Å². The van der Waals surface area contributed by atoms with Crippen LogP contribution < -0.4 is 5.73 Å². The van der Waals surface area contributed by atoms with Crippen molar-refractivity contribution >= 4 is 0 Å². The summed E-state index contributed by atoms with van der Waals surface area (Å²) in [6.45, 7) is 4.61. The van der Waals surface area contributed by atoms with E-state index in [-0.39, 0.29) is 29.1 Å². The van der Waals surface area contributed by atoms with Crippen molar-refractivity contribution in [2.75, 3.05) is 0 Å². The molecule has 0 radical (unpaired) electrons. The van der Waals surface area contributed by atoms with E-state index in [9.17, 15) is 10.2 Å². The van der Waals surface area contributed by atoms with Crippen LogP contribution in [0.1, 0.15) is 46.0 Å². The first-order valence-electron chi connectivity index (χ1n) is 8.88. The molecule has 8 atom stereocenters. The first-order valence-corrected chi connectivity index (χ1v) is 8.88. The van der Waals surface area contributed by atoms with Crippen molar-refractivity contribution in [1.29, 1.82) is 0 Å². The van der Waals surface area contributed by atoms with Crippen molar-refractivity contribution in [2.24, 2.45) is 34.3 Å². The smallest absolute Gasteiger partial charge is 0.0758 e.